The van der Waals surface area contributed by atoms with Gasteiger partial charge in [-0.15, -0.1) is 0 Å². The number of hydrogen-bond acceptors (Lipinski definition) is 0. The molecule has 0 aliphatic heterocycles. The van der Waals surface area contributed by atoms with Gasteiger partial charge in [0.25, 0.3) is 0 Å². The van der Waals surface area contributed by atoms with Crippen molar-refractivity contribution in [3.05, 3.63) is 101 Å². The number of fused-ring (bicyclic) bond motifs is 1. The van der Waals surface area contributed by atoms with E-state index in [0.717, 1.165) is 24.0 Å². The van der Waals surface area contributed by atoms with Crippen molar-refractivity contribution in [3.63, 3.8) is 0 Å². The van der Waals surface area contributed by atoms with Crippen LogP contribution in [-0.2, 0) is 6.42 Å². The minimum Gasteiger partial charge on any atom is -0.206 e. The maximum absolute atomic E-state index is 14.2. The fourth-order valence-electron chi connectivity index (χ4n) is 3.11. The van der Waals surface area contributed by atoms with Gasteiger partial charge in [-0.1, -0.05) is 72.8 Å². The van der Waals surface area contributed by atoms with Gasteiger partial charge in [0.2, 0.25) is 0 Å². The van der Waals surface area contributed by atoms with E-state index in [0.29, 0.717) is 11.1 Å². The topological polar surface area (TPSA) is 0 Å². The lowest BCUT2D eigenvalue weighted by Crippen LogP contribution is -2.02. The van der Waals surface area contributed by atoms with Crippen molar-refractivity contribution in [1.82, 2.24) is 0 Å². The number of rotatable bonds is 4. The fraction of sp³-hybridized carbons (Fsp3) is 0.167. The molecule has 0 saturated heterocycles. The van der Waals surface area contributed by atoms with Gasteiger partial charge in [0.15, 0.2) is 0 Å². The van der Waals surface area contributed by atoms with Crippen molar-refractivity contribution in [2.75, 3.05) is 0 Å². The normalized spacial score (nSPS) is 13.9. The summed E-state index contributed by atoms with van der Waals surface area (Å²) in [6.07, 6.45) is 5.21. The highest BCUT2D eigenvalue weighted by molar-refractivity contribution is 5.72. The van der Waals surface area contributed by atoms with Crippen LogP contribution in [0.2, 0.25) is 0 Å². The van der Waals surface area contributed by atoms with Crippen LogP contribution in [0.25, 0.3) is 17.2 Å². The molecule has 0 bridgehead atoms. The van der Waals surface area contributed by atoms with E-state index in [2.05, 4.69) is 68.6 Å². The molecule has 1 aliphatic carbocycles. The first-order chi connectivity index (χ1) is 11.9. The zero-order chi connectivity index (χ0) is 18.0. The van der Waals surface area contributed by atoms with E-state index in [1.807, 2.05) is 0 Å². The Morgan fingerprint density at radius 2 is 1.68 bits per heavy atom. The summed E-state index contributed by atoms with van der Waals surface area (Å²) in [5.41, 5.74) is 8.30. The second-order valence-electron chi connectivity index (χ2n) is 6.77. The summed E-state index contributed by atoms with van der Waals surface area (Å²) in [7, 11) is 0. The van der Waals surface area contributed by atoms with Crippen LogP contribution in [0.5, 0.6) is 0 Å². The summed E-state index contributed by atoms with van der Waals surface area (Å²) in [5, 5.41) is 0. The third-order valence-corrected chi connectivity index (χ3v) is 4.57. The monoisotopic (exact) mass is 330 g/mol. The van der Waals surface area contributed by atoms with E-state index in [9.17, 15) is 4.39 Å². The minimum atomic E-state index is -0.293. The lowest BCUT2D eigenvalue weighted by molar-refractivity contribution is 0.651. The molecule has 25 heavy (non-hydrogen) atoms. The Kier molecular flexibility index (Phi) is 4.85. The van der Waals surface area contributed by atoms with Crippen LogP contribution in [0.15, 0.2) is 84.2 Å². The Balaban J connectivity index is 1.89. The van der Waals surface area contributed by atoms with Gasteiger partial charge in [0, 0.05) is 5.57 Å². The number of allylic oxidation sites excluding steroid dienone is 5. The van der Waals surface area contributed by atoms with E-state index in [-0.39, 0.29) is 5.83 Å². The summed E-state index contributed by atoms with van der Waals surface area (Å²) in [6, 6.07) is 15.1. The van der Waals surface area contributed by atoms with Crippen LogP contribution in [0.4, 0.5) is 4.39 Å². The molecule has 0 aromatic heterocycles. The summed E-state index contributed by atoms with van der Waals surface area (Å²) < 4.78 is 14.2. The summed E-state index contributed by atoms with van der Waals surface area (Å²) in [4.78, 5) is 0. The third kappa shape index (κ3) is 3.88. The number of halogens is 1. The van der Waals surface area contributed by atoms with Gasteiger partial charge in [0.1, 0.15) is 5.83 Å². The third-order valence-electron chi connectivity index (χ3n) is 4.57. The van der Waals surface area contributed by atoms with Gasteiger partial charge in [-0.25, -0.2) is 4.39 Å². The van der Waals surface area contributed by atoms with Crippen LogP contribution in [0.1, 0.15) is 30.0 Å². The molecule has 2 aromatic rings. The van der Waals surface area contributed by atoms with Crippen LogP contribution in [-0.4, -0.2) is 0 Å². The van der Waals surface area contributed by atoms with Crippen molar-refractivity contribution in [2.45, 2.75) is 26.7 Å². The first-order valence-electron chi connectivity index (χ1n) is 8.57. The zero-order valence-corrected chi connectivity index (χ0v) is 14.9. The Morgan fingerprint density at radius 1 is 1.00 bits per heavy atom. The largest absolute Gasteiger partial charge is 0.206 e. The lowest BCUT2D eigenvalue weighted by atomic mass is 9.86. The van der Waals surface area contributed by atoms with Crippen molar-refractivity contribution < 1.29 is 4.39 Å². The number of aryl methyl sites for hydroxylation is 2. The molecule has 0 nitrogen and oxygen atoms in total. The average Bonchev–Trinajstić information content (AvgIpc) is 2.60. The highest BCUT2D eigenvalue weighted by atomic mass is 19.1. The van der Waals surface area contributed by atoms with Crippen LogP contribution in [0, 0.1) is 6.92 Å². The summed E-state index contributed by atoms with van der Waals surface area (Å²) in [5.74, 6) is -0.293. The highest BCUT2D eigenvalue weighted by Crippen LogP contribution is 2.33. The molecule has 0 spiro atoms. The molecule has 0 atom stereocenters. The van der Waals surface area contributed by atoms with Gasteiger partial charge < -0.3 is 0 Å². The van der Waals surface area contributed by atoms with Crippen LogP contribution >= 0.6 is 0 Å². The molecule has 0 fully saturated rings. The molecule has 0 unspecified atom stereocenters. The molecule has 3 rings (SSSR count). The van der Waals surface area contributed by atoms with Crippen molar-refractivity contribution >= 4 is 6.08 Å². The van der Waals surface area contributed by atoms with Crippen LogP contribution in [0.3, 0.4) is 0 Å². The molecule has 0 amide bonds. The lowest BCUT2D eigenvalue weighted by Gasteiger charge is -2.19. The first kappa shape index (κ1) is 17.2. The smallest absolute Gasteiger partial charge is 0.130 e. The van der Waals surface area contributed by atoms with E-state index in [1.165, 1.54) is 28.3 Å². The molecule has 1 aliphatic rings. The number of hydrogen-bond donors (Lipinski definition) is 0. The SMILES string of the molecule is C=C(C)/C=C(/F)C(=C)C1=Cc2ccc(-c3ccc(C)cc3)cc2CC1. The van der Waals surface area contributed by atoms with Crippen molar-refractivity contribution in [2.24, 2.45) is 0 Å². The molecule has 0 N–H and O–H groups in total. The van der Waals surface area contributed by atoms with Gasteiger partial charge in [-0.05, 0) is 60.6 Å². The predicted octanol–water partition coefficient (Wildman–Crippen LogP) is 6.98. The molecule has 0 saturated carbocycles. The van der Waals surface area contributed by atoms with Crippen molar-refractivity contribution in [3.8, 4) is 11.1 Å². The molecule has 0 heterocycles. The Bertz CT molecular complexity index is 892. The summed E-state index contributed by atoms with van der Waals surface area (Å²) >= 11 is 0. The molecule has 1 heteroatoms. The molecule has 0 radical (unpaired) electrons. The Labute approximate surface area is 149 Å². The molecular weight excluding hydrogens is 307 g/mol. The van der Waals surface area contributed by atoms with E-state index < -0.39 is 0 Å². The fourth-order valence-corrected chi connectivity index (χ4v) is 3.11. The van der Waals surface area contributed by atoms with E-state index in [1.54, 1.807) is 6.92 Å². The van der Waals surface area contributed by atoms with E-state index >= 15 is 0 Å². The maximum Gasteiger partial charge on any atom is 0.130 e. The molecule has 126 valence electrons. The van der Waals surface area contributed by atoms with Gasteiger partial charge in [0.05, 0.1) is 0 Å². The first-order valence-corrected chi connectivity index (χ1v) is 8.57. The molecule has 2 aromatic carbocycles. The zero-order valence-electron chi connectivity index (χ0n) is 14.9. The van der Waals surface area contributed by atoms with Gasteiger partial charge in [-0.3, -0.25) is 0 Å². The molecular formula is C24H23F. The van der Waals surface area contributed by atoms with Gasteiger partial charge in [-0.2, -0.15) is 0 Å². The minimum absolute atomic E-state index is 0.293. The van der Waals surface area contributed by atoms with Gasteiger partial charge >= 0.3 is 0 Å². The number of benzene rings is 2. The van der Waals surface area contributed by atoms with E-state index in [4.69, 9.17) is 0 Å². The standard InChI is InChI=1S/C24H23F/c1-16(2)13-24(25)18(4)20-9-10-23-15-21(11-12-22(23)14-20)19-7-5-17(3)6-8-19/h5-8,11-15H,1,4,9-10H2,2-3H3/b24-13+. The Hall–Kier alpha value is -2.67. The summed E-state index contributed by atoms with van der Waals surface area (Å²) in [6.45, 7) is 11.5. The second-order valence-corrected chi connectivity index (χ2v) is 6.77. The second kappa shape index (κ2) is 7.06. The Morgan fingerprint density at radius 3 is 2.36 bits per heavy atom. The average molecular weight is 330 g/mol. The maximum atomic E-state index is 14.2. The predicted molar refractivity (Wildman–Crippen MR) is 106 cm³/mol. The highest BCUT2D eigenvalue weighted by Gasteiger charge is 2.15. The van der Waals surface area contributed by atoms with Crippen LogP contribution < -0.4 is 0 Å². The quantitative estimate of drug-likeness (QED) is 0.531. The van der Waals surface area contributed by atoms with Crippen molar-refractivity contribution in [1.29, 1.82) is 0 Å².